The summed E-state index contributed by atoms with van der Waals surface area (Å²) in [6, 6.07) is 19.8. The van der Waals surface area contributed by atoms with E-state index in [0.29, 0.717) is 12.2 Å². The Labute approximate surface area is 210 Å². The van der Waals surface area contributed by atoms with Gasteiger partial charge in [0.05, 0.1) is 28.7 Å². The second-order valence-corrected chi connectivity index (χ2v) is 10.5. The number of nitrogens with one attached hydrogen (secondary N) is 1. The van der Waals surface area contributed by atoms with Crippen molar-refractivity contribution in [1.29, 1.82) is 0 Å². The fourth-order valence-corrected chi connectivity index (χ4v) is 5.17. The molecule has 3 aromatic carbocycles. The lowest BCUT2D eigenvalue weighted by molar-refractivity contribution is -0.384. The molecule has 0 heterocycles. The normalized spacial score (nSPS) is 12.1. The highest BCUT2D eigenvalue weighted by Gasteiger charge is 2.28. The number of non-ortho nitro benzene ring substituents is 1. The van der Waals surface area contributed by atoms with Gasteiger partial charge >= 0.3 is 0 Å². The molecule has 0 radical (unpaired) electrons. The van der Waals surface area contributed by atoms with E-state index in [9.17, 15) is 23.3 Å². The van der Waals surface area contributed by atoms with Crippen LogP contribution >= 0.6 is 0 Å². The number of benzene rings is 3. The number of nitrogens with zero attached hydrogens (tertiary/aromatic N) is 2. The second-order valence-electron chi connectivity index (χ2n) is 8.62. The van der Waals surface area contributed by atoms with Gasteiger partial charge in [-0.1, -0.05) is 44.2 Å². The number of carbonyl (C=O) groups is 1. The van der Waals surface area contributed by atoms with Gasteiger partial charge in [-0.25, -0.2) is 8.42 Å². The molecule has 9 nitrogen and oxygen atoms in total. The fraction of sp³-hybridized carbons (Fsp3) is 0.269. The monoisotopic (exact) mass is 511 g/mol. The van der Waals surface area contributed by atoms with Gasteiger partial charge < -0.3 is 10.1 Å². The minimum absolute atomic E-state index is 0.00466. The molecule has 0 aliphatic heterocycles. The minimum atomic E-state index is -4.13. The molecule has 0 bridgehead atoms. The Morgan fingerprint density at radius 3 is 2.14 bits per heavy atom. The molecule has 1 atom stereocenters. The first-order valence-electron chi connectivity index (χ1n) is 11.4. The number of anilines is 1. The van der Waals surface area contributed by atoms with Gasteiger partial charge in [-0.15, -0.1) is 0 Å². The first kappa shape index (κ1) is 26.7. The van der Waals surface area contributed by atoms with E-state index in [1.54, 1.807) is 37.4 Å². The Balaban J connectivity index is 1.92. The van der Waals surface area contributed by atoms with E-state index in [2.05, 4.69) is 5.32 Å². The highest BCUT2D eigenvalue weighted by Crippen LogP contribution is 2.27. The minimum Gasteiger partial charge on any atom is -0.497 e. The predicted molar refractivity (Wildman–Crippen MR) is 137 cm³/mol. The van der Waals surface area contributed by atoms with Crippen molar-refractivity contribution < 1.29 is 22.9 Å². The molecule has 10 heteroatoms. The van der Waals surface area contributed by atoms with Crippen molar-refractivity contribution in [3.8, 4) is 5.75 Å². The molecule has 36 heavy (non-hydrogen) atoms. The van der Waals surface area contributed by atoms with Gasteiger partial charge in [0.25, 0.3) is 15.7 Å². The lowest BCUT2D eigenvalue weighted by Gasteiger charge is -2.26. The Kier molecular flexibility index (Phi) is 8.65. The molecule has 3 rings (SSSR count). The lowest BCUT2D eigenvalue weighted by Crippen LogP contribution is -2.42. The van der Waals surface area contributed by atoms with Gasteiger partial charge in [0, 0.05) is 12.1 Å². The maximum atomic E-state index is 13.5. The molecule has 0 fully saturated rings. The van der Waals surface area contributed by atoms with Crippen LogP contribution in [0.1, 0.15) is 31.9 Å². The van der Waals surface area contributed by atoms with E-state index in [0.717, 1.165) is 9.87 Å². The summed E-state index contributed by atoms with van der Waals surface area (Å²) < 4.78 is 33.2. The first-order chi connectivity index (χ1) is 17.1. The van der Waals surface area contributed by atoms with Gasteiger partial charge in [-0.2, -0.15) is 0 Å². The highest BCUT2D eigenvalue weighted by molar-refractivity contribution is 7.92. The van der Waals surface area contributed by atoms with E-state index in [4.69, 9.17) is 4.74 Å². The average molecular weight is 512 g/mol. The topological polar surface area (TPSA) is 119 Å². The van der Waals surface area contributed by atoms with Crippen molar-refractivity contribution in [2.24, 2.45) is 5.92 Å². The number of hydrogen-bond acceptors (Lipinski definition) is 6. The van der Waals surface area contributed by atoms with Gasteiger partial charge in [0.2, 0.25) is 5.91 Å². The molecule has 0 aliphatic rings. The molecule has 0 unspecified atom stereocenters. The van der Waals surface area contributed by atoms with E-state index in [-0.39, 0.29) is 28.2 Å². The number of methoxy groups -OCH3 is 1. The number of carbonyl (C=O) groups excluding carboxylic acids is 1. The van der Waals surface area contributed by atoms with Crippen molar-refractivity contribution >= 4 is 27.3 Å². The van der Waals surface area contributed by atoms with E-state index < -0.39 is 27.4 Å². The standard InChI is InChI=1S/C26H29N3O6S/c1-19(2)17-25(20-9-15-23(35-3)16-10-20)27-26(30)18-28(21-11-13-22(14-12-21)29(31)32)36(33,34)24-7-5-4-6-8-24/h4-16,19,25H,17-18H2,1-3H3,(H,27,30)/t25-/m0/s1. The molecule has 3 aromatic rings. The molecule has 1 N–H and O–H groups in total. The molecule has 0 saturated heterocycles. The van der Waals surface area contributed by atoms with Crippen LogP contribution in [-0.4, -0.2) is 32.9 Å². The second kappa shape index (κ2) is 11.7. The third kappa shape index (κ3) is 6.60. The third-order valence-corrected chi connectivity index (χ3v) is 7.32. The number of rotatable bonds is 11. The van der Waals surface area contributed by atoms with Crippen molar-refractivity contribution in [1.82, 2.24) is 5.32 Å². The Morgan fingerprint density at radius 1 is 1.00 bits per heavy atom. The zero-order chi connectivity index (χ0) is 26.3. The summed E-state index contributed by atoms with van der Waals surface area (Å²) in [5.74, 6) is 0.442. The summed E-state index contributed by atoms with van der Waals surface area (Å²) in [6.07, 6.45) is 0.640. The van der Waals surface area contributed by atoms with Crippen LogP contribution in [0.4, 0.5) is 11.4 Å². The van der Waals surface area contributed by atoms with E-state index >= 15 is 0 Å². The number of ether oxygens (including phenoxy) is 1. The van der Waals surface area contributed by atoms with E-state index in [1.807, 2.05) is 26.0 Å². The zero-order valence-electron chi connectivity index (χ0n) is 20.3. The summed E-state index contributed by atoms with van der Waals surface area (Å²) in [4.78, 5) is 23.7. The van der Waals surface area contributed by atoms with Crippen LogP contribution in [0.3, 0.4) is 0 Å². The van der Waals surface area contributed by atoms with Crippen LogP contribution in [0.25, 0.3) is 0 Å². The number of nitro groups is 1. The largest absolute Gasteiger partial charge is 0.497 e. The molecule has 190 valence electrons. The maximum absolute atomic E-state index is 13.5. The average Bonchev–Trinajstić information content (AvgIpc) is 2.87. The number of nitro benzene ring substituents is 1. The van der Waals surface area contributed by atoms with Gasteiger partial charge in [0.1, 0.15) is 12.3 Å². The van der Waals surface area contributed by atoms with Gasteiger partial charge in [0.15, 0.2) is 0 Å². The summed E-state index contributed by atoms with van der Waals surface area (Å²) in [6.45, 7) is 3.57. The van der Waals surface area contributed by atoms with Crippen LogP contribution in [0, 0.1) is 16.0 Å². The Hall–Kier alpha value is -3.92. The molecular formula is C26H29N3O6S. The molecule has 0 saturated carbocycles. The molecular weight excluding hydrogens is 482 g/mol. The summed E-state index contributed by atoms with van der Waals surface area (Å²) >= 11 is 0. The van der Waals surface area contributed by atoms with Crippen LogP contribution < -0.4 is 14.4 Å². The summed E-state index contributed by atoms with van der Waals surface area (Å²) in [5.41, 5.74) is 0.826. The van der Waals surface area contributed by atoms with Crippen LogP contribution in [0.2, 0.25) is 0 Å². The molecule has 0 aromatic heterocycles. The first-order valence-corrected chi connectivity index (χ1v) is 12.8. The number of hydrogen-bond donors (Lipinski definition) is 1. The SMILES string of the molecule is COc1ccc([C@H](CC(C)C)NC(=O)CN(c2ccc([N+](=O)[O-])cc2)S(=O)(=O)c2ccccc2)cc1. The smallest absolute Gasteiger partial charge is 0.269 e. The number of sulfonamides is 1. The molecule has 1 amide bonds. The Bertz CT molecular complexity index is 1280. The summed E-state index contributed by atoms with van der Waals surface area (Å²) in [5, 5.41) is 14.0. The predicted octanol–water partition coefficient (Wildman–Crippen LogP) is 4.70. The highest BCUT2D eigenvalue weighted by atomic mass is 32.2. The quantitative estimate of drug-likeness (QED) is 0.294. The lowest BCUT2D eigenvalue weighted by atomic mass is 9.97. The molecule has 0 aliphatic carbocycles. The Morgan fingerprint density at radius 2 is 1.61 bits per heavy atom. The molecule has 0 spiro atoms. The van der Waals surface area contributed by atoms with Crippen molar-refractivity contribution in [2.45, 2.75) is 31.2 Å². The van der Waals surface area contributed by atoms with E-state index in [1.165, 1.54) is 36.4 Å². The van der Waals surface area contributed by atoms with Crippen LogP contribution in [-0.2, 0) is 14.8 Å². The number of amides is 1. The van der Waals surface area contributed by atoms with Crippen molar-refractivity contribution in [3.05, 3.63) is 94.5 Å². The van der Waals surface area contributed by atoms with Gasteiger partial charge in [-0.05, 0) is 54.3 Å². The summed E-state index contributed by atoms with van der Waals surface area (Å²) in [7, 11) is -2.56. The fourth-order valence-electron chi connectivity index (χ4n) is 3.73. The van der Waals surface area contributed by atoms with Crippen molar-refractivity contribution in [2.75, 3.05) is 18.0 Å². The van der Waals surface area contributed by atoms with Crippen molar-refractivity contribution in [3.63, 3.8) is 0 Å². The van der Waals surface area contributed by atoms with Crippen LogP contribution in [0.5, 0.6) is 5.75 Å². The zero-order valence-corrected chi connectivity index (χ0v) is 21.1. The van der Waals surface area contributed by atoms with Crippen LogP contribution in [0.15, 0.2) is 83.8 Å². The third-order valence-electron chi connectivity index (χ3n) is 5.53. The maximum Gasteiger partial charge on any atom is 0.269 e. The van der Waals surface area contributed by atoms with Gasteiger partial charge in [-0.3, -0.25) is 19.2 Å².